The number of pyridine rings is 1. The van der Waals surface area contributed by atoms with Crippen LogP contribution in [-0.2, 0) is 17.8 Å². The molecule has 0 saturated heterocycles. The second-order valence-electron chi connectivity index (χ2n) is 6.06. The fraction of sp³-hybridized carbons (Fsp3) is 0.143. The number of carbonyl (C=O) groups is 1. The molecular formula is C21H20FN3O. The Bertz CT molecular complexity index is 877. The van der Waals surface area contributed by atoms with Crippen molar-refractivity contribution in [1.82, 2.24) is 4.98 Å². The van der Waals surface area contributed by atoms with E-state index in [1.54, 1.807) is 30.5 Å². The highest BCUT2D eigenvalue weighted by molar-refractivity contribution is 5.92. The van der Waals surface area contributed by atoms with Crippen LogP contribution in [0, 0.1) is 12.7 Å². The molecule has 2 aromatic carbocycles. The molecule has 0 aliphatic carbocycles. The van der Waals surface area contributed by atoms with Gasteiger partial charge < -0.3 is 10.6 Å². The van der Waals surface area contributed by atoms with E-state index in [1.165, 1.54) is 12.1 Å². The fourth-order valence-corrected chi connectivity index (χ4v) is 2.55. The van der Waals surface area contributed by atoms with E-state index < -0.39 is 0 Å². The molecule has 0 saturated carbocycles. The predicted octanol–water partition coefficient (Wildman–Crippen LogP) is 4.32. The Morgan fingerprint density at radius 1 is 1.04 bits per heavy atom. The van der Waals surface area contributed by atoms with Crippen LogP contribution in [0.5, 0.6) is 0 Å². The van der Waals surface area contributed by atoms with Crippen molar-refractivity contribution in [2.75, 3.05) is 10.6 Å². The maximum Gasteiger partial charge on any atom is 0.228 e. The Kier molecular flexibility index (Phi) is 5.59. The SMILES string of the molecule is Cc1ccccc1CC(=O)Nc1ccc(NCc2ccc(F)cc2)nc1. The Morgan fingerprint density at radius 3 is 2.50 bits per heavy atom. The molecule has 1 heterocycles. The molecule has 0 fully saturated rings. The number of aromatic nitrogens is 1. The van der Waals surface area contributed by atoms with Crippen molar-refractivity contribution in [3.05, 3.63) is 89.4 Å². The molecule has 4 nitrogen and oxygen atoms in total. The zero-order valence-corrected chi connectivity index (χ0v) is 14.5. The fourth-order valence-electron chi connectivity index (χ4n) is 2.55. The third-order valence-corrected chi connectivity index (χ3v) is 4.05. The number of amides is 1. The van der Waals surface area contributed by atoms with Crippen LogP contribution in [0.15, 0.2) is 66.9 Å². The lowest BCUT2D eigenvalue weighted by Crippen LogP contribution is -2.15. The standard InChI is InChI=1S/C21H20FN3O/c1-15-4-2-3-5-17(15)12-21(26)25-19-10-11-20(24-14-19)23-13-16-6-8-18(22)9-7-16/h2-11,14H,12-13H2,1H3,(H,23,24)(H,25,26). The van der Waals surface area contributed by atoms with Crippen molar-refractivity contribution in [3.63, 3.8) is 0 Å². The van der Waals surface area contributed by atoms with Gasteiger partial charge in [0.1, 0.15) is 11.6 Å². The van der Waals surface area contributed by atoms with Gasteiger partial charge in [-0.15, -0.1) is 0 Å². The summed E-state index contributed by atoms with van der Waals surface area (Å²) >= 11 is 0. The summed E-state index contributed by atoms with van der Waals surface area (Å²) in [6.07, 6.45) is 1.94. The molecule has 0 aliphatic rings. The van der Waals surface area contributed by atoms with Gasteiger partial charge in [0.05, 0.1) is 18.3 Å². The van der Waals surface area contributed by atoms with Crippen molar-refractivity contribution in [2.24, 2.45) is 0 Å². The summed E-state index contributed by atoms with van der Waals surface area (Å²) in [4.78, 5) is 16.5. The zero-order valence-electron chi connectivity index (χ0n) is 14.5. The van der Waals surface area contributed by atoms with E-state index in [1.807, 2.05) is 31.2 Å². The average Bonchev–Trinajstić information content (AvgIpc) is 2.64. The number of carbonyl (C=O) groups excluding carboxylic acids is 1. The third kappa shape index (κ3) is 4.89. The van der Waals surface area contributed by atoms with Crippen molar-refractivity contribution >= 4 is 17.4 Å². The normalized spacial score (nSPS) is 10.4. The first-order valence-electron chi connectivity index (χ1n) is 8.39. The van der Waals surface area contributed by atoms with E-state index in [-0.39, 0.29) is 11.7 Å². The topological polar surface area (TPSA) is 54.0 Å². The number of aryl methyl sites for hydroxylation is 1. The van der Waals surface area contributed by atoms with Crippen molar-refractivity contribution in [2.45, 2.75) is 19.9 Å². The summed E-state index contributed by atoms with van der Waals surface area (Å²) in [5.41, 5.74) is 3.72. The number of nitrogens with one attached hydrogen (secondary N) is 2. The van der Waals surface area contributed by atoms with Gasteiger partial charge in [-0.05, 0) is 47.9 Å². The van der Waals surface area contributed by atoms with E-state index >= 15 is 0 Å². The molecule has 3 rings (SSSR count). The zero-order chi connectivity index (χ0) is 18.4. The lowest BCUT2D eigenvalue weighted by atomic mass is 10.1. The van der Waals surface area contributed by atoms with Gasteiger partial charge in [0.25, 0.3) is 0 Å². The molecule has 26 heavy (non-hydrogen) atoms. The number of anilines is 2. The number of benzene rings is 2. The maximum atomic E-state index is 12.9. The summed E-state index contributed by atoms with van der Waals surface area (Å²) in [6.45, 7) is 2.54. The molecule has 0 bridgehead atoms. The smallest absolute Gasteiger partial charge is 0.228 e. The number of rotatable bonds is 6. The van der Waals surface area contributed by atoms with E-state index in [4.69, 9.17) is 0 Å². The van der Waals surface area contributed by atoms with Crippen LogP contribution >= 0.6 is 0 Å². The summed E-state index contributed by atoms with van der Waals surface area (Å²) in [6, 6.07) is 17.7. The molecule has 0 spiro atoms. The molecule has 1 aromatic heterocycles. The summed E-state index contributed by atoms with van der Waals surface area (Å²) in [5, 5.41) is 6.02. The van der Waals surface area contributed by atoms with E-state index in [9.17, 15) is 9.18 Å². The number of halogens is 1. The molecule has 0 aliphatic heterocycles. The van der Waals surface area contributed by atoms with Crippen LogP contribution in [-0.4, -0.2) is 10.9 Å². The van der Waals surface area contributed by atoms with Gasteiger partial charge in [-0.3, -0.25) is 4.79 Å². The van der Waals surface area contributed by atoms with E-state index in [2.05, 4.69) is 15.6 Å². The number of hydrogen-bond acceptors (Lipinski definition) is 3. The minimum atomic E-state index is -0.252. The Morgan fingerprint density at radius 2 is 1.81 bits per heavy atom. The second-order valence-corrected chi connectivity index (χ2v) is 6.06. The van der Waals surface area contributed by atoms with Crippen LogP contribution in [0.2, 0.25) is 0 Å². The first kappa shape index (κ1) is 17.6. The Balaban J connectivity index is 1.53. The lowest BCUT2D eigenvalue weighted by molar-refractivity contribution is -0.115. The van der Waals surface area contributed by atoms with E-state index in [0.29, 0.717) is 24.5 Å². The monoisotopic (exact) mass is 349 g/mol. The van der Waals surface area contributed by atoms with Gasteiger partial charge in [0, 0.05) is 6.54 Å². The molecule has 132 valence electrons. The third-order valence-electron chi connectivity index (χ3n) is 4.05. The molecule has 1 amide bonds. The summed E-state index contributed by atoms with van der Waals surface area (Å²) < 4.78 is 12.9. The largest absolute Gasteiger partial charge is 0.366 e. The van der Waals surface area contributed by atoms with Gasteiger partial charge in [0.15, 0.2) is 0 Å². The van der Waals surface area contributed by atoms with Gasteiger partial charge in [0.2, 0.25) is 5.91 Å². The van der Waals surface area contributed by atoms with Gasteiger partial charge in [-0.2, -0.15) is 0 Å². The molecule has 0 unspecified atom stereocenters. The molecule has 0 atom stereocenters. The summed E-state index contributed by atoms with van der Waals surface area (Å²) in [7, 11) is 0. The molecule has 2 N–H and O–H groups in total. The lowest BCUT2D eigenvalue weighted by Gasteiger charge is -2.09. The molecule has 5 heteroatoms. The minimum Gasteiger partial charge on any atom is -0.366 e. The van der Waals surface area contributed by atoms with Gasteiger partial charge in [-0.1, -0.05) is 36.4 Å². The predicted molar refractivity (Wildman–Crippen MR) is 101 cm³/mol. The van der Waals surface area contributed by atoms with Crippen molar-refractivity contribution < 1.29 is 9.18 Å². The first-order valence-corrected chi connectivity index (χ1v) is 8.39. The van der Waals surface area contributed by atoms with Crippen LogP contribution < -0.4 is 10.6 Å². The van der Waals surface area contributed by atoms with Crippen molar-refractivity contribution in [1.29, 1.82) is 0 Å². The van der Waals surface area contributed by atoms with Crippen LogP contribution in [0.25, 0.3) is 0 Å². The molecule has 0 radical (unpaired) electrons. The Labute approximate surface area is 152 Å². The highest BCUT2D eigenvalue weighted by Crippen LogP contribution is 2.13. The van der Waals surface area contributed by atoms with Crippen molar-refractivity contribution in [3.8, 4) is 0 Å². The highest BCUT2D eigenvalue weighted by Gasteiger charge is 2.06. The minimum absolute atomic E-state index is 0.0758. The van der Waals surface area contributed by atoms with Crippen LogP contribution in [0.4, 0.5) is 15.9 Å². The second kappa shape index (κ2) is 8.25. The Hall–Kier alpha value is -3.21. The van der Waals surface area contributed by atoms with E-state index in [0.717, 1.165) is 16.7 Å². The first-order chi connectivity index (χ1) is 12.6. The average molecular weight is 349 g/mol. The van der Waals surface area contributed by atoms with Crippen LogP contribution in [0.1, 0.15) is 16.7 Å². The number of nitrogens with zero attached hydrogens (tertiary/aromatic N) is 1. The molecular weight excluding hydrogens is 329 g/mol. The summed E-state index contributed by atoms with van der Waals surface area (Å²) in [5.74, 6) is 0.358. The van der Waals surface area contributed by atoms with Crippen LogP contribution in [0.3, 0.4) is 0 Å². The van der Waals surface area contributed by atoms with Gasteiger partial charge in [-0.25, -0.2) is 9.37 Å². The maximum absolute atomic E-state index is 12.9. The highest BCUT2D eigenvalue weighted by atomic mass is 19.1. The number of hydrogen-bond donors (Lipinski definition) is 2. The van der Waals surface area contributed by atoms with Gasteiger partial charge >= 0.3 is 0 Å². The quantitative estimate of drug-likeness (QED) is 0.697. The molecule has 3 aromatic rings.